The Bertz CT molecular complexity index is 545. The van der Waals surface area contributed by atoms with Crippen LogP contribution < -0.4 is 4.74 Å². The van der Waals surface area contributed by atoms with Gasteiger partial charge in [0.2, 0.25) is 0 Å². The molecule has 2 aromatic rings. The van der Waals surface area contributed by atoms with Gasteiger partial charge in [0.1, 0.15) is 18.2 Å². The molecule has 4 heteroatoms. The van der Waals surface area contributed by atoms with E-state index < -0.39 is 0 Å². The van der Waals surface area contributed by atoms with Crippen LogP contribution in [0.4, 0.5) is 4.39 Å². The Morgan fingerprint density at radius 2 is 1.89 bits per heavy atom. The highest BCUT2D eigenvalue weighted by Crippen LogP contribution is 2.22. The average Bonchev–Trinajstić information content (AvgIpc) is 2.38. The fraction of sp³-hybridized carbons (Fsp3) is 0.143. The fourth-order valence-corrected chi connectivity index (χ4v) is 2.10. The van der Waals surface area contributed by atoms with Crippen LogP contribution in [-0.4, -0.2) is 0 Å². The van der Waals surface area contributed by atoms with Gasteiger partial charge in [-0.1, -0.05) is 40.2 Å². The van der Waals surface area contributed by atoms with Gasteiger partial charge < -0.3 is 4.74 Å². The number of rotatable bonds is 4. The van der Waals surface area contributed by atoms with Gasteiger partial charge in [0, 0.05) is 15.6 Å². The van der Waals surface area contributed by atoms with E-state index in [1.165, 1.54) is 6.07 Å². The van der Waals surface area contributed by atoms with Crippen LogP contribution in [0.5, 0.6) is 5.75 Å². The van der Waals surface area contributed by atoms with Gasteiger partial charge >= 0.3 is 0 Å². The molecule has 0 aromatic heterocycles. The normalized spacial score (nSPS) is 10.4. The third-order valence-electron chi connectivity index (χ3n) is 2.51. The second-order valence-corrected chi connectivity index (χ2v) is 4.95. The Morgan fingerprint density at radius 3 is 2.61 bits per heavy atom. The van der Waals surface area contributed by atoms with E-state index in [9.17, 15) is 4.39 Å². The molecule has 0 aliphatic rings. The van der Waals surface area contributed by atoms with E-state index in [0.717, 1.165) is 5.56 Å². The summed E-state index contributed by atoms with van der Waals surface area (Å²) in [5.74, 6) is 0.779. The molecule has 0 spiro atoms. The summed E-state index contributed by atoms with van der Waals surface area (Å²) in [6.07, 6.45) is 0. The van der Waals surface area contributed by atoms with Crippen LogP contribution in [0.2, 0.25) is 0 Å². The first-order valence-electron chi connectivity index (χ1n) is 5.41. The number of hydrogen-bond donors (Lipinski definition) is 0. The Hall–Kier alpha value is -1.06. The van der Waals surface area contributed by atoms with Gasteiger partial charge in [-0.3, -0.25) is 0 Å². The lowest BCUT2D eigenvalue weighted by atomic mass is 10.2. The number of para-hydroxylation sites is 1. The van der Waals surface area contributed by atoms with Crippen LogP contribution in [0.15, 0.2) is 46.9 Å². The zero-order valence-electron chi connectivity index (χ0n) is 9.50. The van der Waals surface area contributed by atoms with Crippen molar-refractivity contribution in [2.45, 2.75) is 12.5 Å². The Balaban J connectivity index is 2.11. The first-order valence-corrected chi connectivity index (χ1v) is 6.74. The molecule has 0 aliphatic heterocycles. The maximum atomic E-state index is 13.6. The molecule has 0 amide bonds. The lowest BCUT2D eigenvalue weighted by Gasteiger charge is -2.10. The molecule has 1 nitrogen and oxygen atoms in total. The van der Waals surface area contributed by atoms with E-state index in [2.05, 4.69) is 15.9 Å². The highest BCUT2D eigenvalue weighted by molar-refractivity contribution is 9.10. The average molecular weight is 330 g/mol. The first-order chi connectivity index (χ1) is 8.70. The summed E-state index contributed by atoms with van der Waals surface area (Å²) < 4.78 is 19.9. The van der Waals surface area contributed by atoms with Crippen LogP contribution in [0, 0.1) is 5.82 Å². The van der Waals surface area contributed by atoms with Gasteiger partial charge in [-0.15, -0.1) is 11.6 Å². The van der Waals surface area contributed by atoms with Crippen molar-refractivity contribution in [1.29, 1.82) is 0 Å². The van der Waals surface area contributed by atoms with Gasteiger partial charge in [-0.05, 0) is 18.2 Å². The monoisotopic (exact) mass is 328 g/mol. The maximum absolute atomic E-state index is 13.6. The molecule has 0 fully saturated rings. The van der Waals surface area contributed by atoms with Gasteiger partial charge in [0.15, 0.2) is 0 Å². The Morgan fingerprint density at radius 1 is 1.11 bits per heavy atom. The van der Waals surface area contributed by atoms with Crippen LogP contribution in [0.3, 0.4) is 0 Å². The number of hydrogen-bond acceptors (Lipinski definition) is 1. The van der Waals surface area contributed by atoms with Crippen LogP contribution in [-0.2, 0) is 12.5 Å². The fourth-order valence-electron chi connectivity index (χ4n) is 1.55. The van der Waals surface area contributed by atoms with Gasteiger partial charge in [0.05, 0.1) is 5.88 Å². The molecule has 0 saturated carbocycles. The molecule has 0 bridgehead atoms. The zero-order chi connectivity index (χ0) is 13.0. The Labute approximate surface area is 119 Å². The van der Waals surface area contributed by atoms with Crippen LogP contribution >= 0.6 is 27.5 Å². The lowest BCUT2D eigenvalue weighted by Crippen LogP contribution is -2.00. The third-order valence-corrected chi connectivity index (χ3v) is 3.30. The summed E-state index contributed by atoms with van der Waals surface area (Å²) in [5, 5.41) is 0. The summed E-state index contributed by atoms with van der Waals surface area (Å²) in [7, 11) is 0. The standard InChI is InChI=1S/C14H11BrClFO/c15-12-6-5-11(13(17)7-12)9-18-14-4-2-1-3-10(14)8-16/h1-7H,8-9H2. The molecule has 2 rings (SSSR count). The highest BCUT2D eigenvalue weighted by Gasteiger charge is 2.06. The molecule has 18 heavy (non-hydrogen) atoms. The molecular weight excluding hydrogens is 319 g/mol. The largest absolute Gasteiger partial charge is 0.488 e. The van der Waals surface area contributed by atoms with Crippen molar-refractivity contribution in [1.82, 2.24) is 0 Å². The number of halogens is 3. The molecular formula is C14H11BrClFO. The predicted octanol–water partition coefficient (Wildman–Crippen LogP) is 4.91. The van der Waals surface area contributed by atoms with Gasteiger partial charge in [0.25, 0.3) is 0 Å². The first kappa shape index (κ1) is 13.4. The second-order valence-electron chi connectivity index (χ2n) is 3.77. The molecule has 0 radical (unpaired) electrons. The second kappa shape index (κ2) is 6.21. The minimum absolute atomic E-state index is 0.188. The topological polar surface area (TPSA) is 9.23 Å². The van der Waals surface area contributed by atoms with Crippen LogP contribution in [0.25, 0.3) is 0 Å². The molecule has 0 N–H and O–H groups in total. The molecule has 0 atom stereocenters. The quantitative estimate of drug-likeness (QED) is 0.725. The highest BCUT2D eigenvalue weighted by atomic mass is 79.9. The van der Waals surface area contributed by atoms with Crippen molar-refractivity contribution >= 4 is 27.5 Å². The molecule has 0 unspecified atom stereocenters. The molecule has 0 heterocycles. The van der Waals surface area contributed by atoms with E-state index >= 15 is 0 Å². The smallest absolute Gasteiger partial charge is 0.130 e. The van der Waals surface area contributed by atoms with E-state index in [1.807, 2.05) is 24.3 Å². The van der Waals surface area contributed by atoms with Gasteiger partial charge in [-0.2, -0.15) is 0 Å². The summed E-state index contributed by atoms with van der Waals surface area (Å²) in [4.78, 5) is 0. The van der Waals surface area contributed by atoms with Crippen molar-refractivity contribution in [3.8, 4) is 5.75 Å². The van der Waals surface area contributed by atoms with E-state index in [4.69, 9.17) is 16.3 Å². The van der Waals surface area contributed by atoms with Crippen molar-refractivity contribution < 1.29 is 9.13 Å². The summed E-state index contributed by atoms with van der Waals surface area (Å²) >= 11 is 9.02. The van der Waals surface area contributed by atoms with E-state index in [0.29, 0.717) is 21.7 Å². The third kappa shape index (κ3) is 3.24. The SMILES string of the molecule is Fc1cc(Br)ccc1COc1ccccc1CCl. The van der Waals surface area contributed by atoms with Crippen molar-refractivity contribution in [2.75, 3.05) is 0 Å². The maximum Gasteiger partial charge on any atom is 0.130 e. The summed E-state index contributed by atoms with van der Waals surface area (Å²) in [5.41, 5.74) is 1.42. The minimum atomic E-state index is -0.285. The van der Waals surface area contributed by atoms with Crippen molar-refractivity contribution in [3.05, 3.63) is 63.9 Å². The molecule has 0 saturated heterocycles. The number of alkyl halides is 1. The van der Waals surface area contributed by atoms with Crippen LogP contribution in [0.1, 0.15) is 11.1 Å². The Kier molecular flexibility index (Phi) is 4.61. The lowest BCUT2D eigenvalue weighted by molar-refractivity contribution is 0.297. The molecule has 2 aromatic carbocycles. The number of benzene rings is 2. The van der Waals surface area contributed by atoms with Gasteiger partial charge in [-0.25, -0.2) is 4.39 Å². The minimum Gasteiger partial charge on any atom is -0.488 e. The molecule has 0 aliphatic carbocycles. The predicted molar refractivity (Wildman–Crippen MR) is 74.4 cm³/mol. The van der Waals surface area contributed by atoms with Crippen molar-refractivity contribution in [3.63, 3.8) is 0 Å². The van der Waals surface area contributed by atoms with Crippen molar-refractivity contribution in [2.24, 2.45) is 0 Å². The number of ether oxygens (including phenoxy) is 1. The summed E-state index contributed by atoms with van der Waals surface area (Å²) in [6.45, 7) is 0.188. The molecule has 94 valence electrons. The van der Waals surface area contributed by atoms with E-state index in [1.54, 1.807) is 12.1 Å². The van der Waals surface area contributed by atoms with E-state index in [-0.39, 0.29) is 12.4 Å². The zero-order valence-corrected chi connectivity index (χ0v) is 11.8. The summed E-state index contributed by atoms with van der Waals surface area (Å²) in [6, 6.07) is 12.4.